The first-order valence-corrected chi connectivity index (χ1v) is 5.60. The molecule has 0 radical (unpaired) electrons. The molecule has 0 fully saturated rings. The molecule has 0 aromatic carbocycles. The molecule has 0 bridgehead atoms. The third kappa shape index (κ3) is 2.24. The van der Waals surface area contributed by atoms with Gasteiger partial charge < -0.3 is 0 Å². The Kier molecular flexibility index (Phi) is 3.60. The molecule has 68 valence electrons. The fourth-order valence-electron chi connectivity index (χ4n) is 1.23. The van der Waals surface area contributed by atoms with Gasteiger partial charge in [0.1, 0.15) is 0 Å². The van der Waals surface area contributed by atoms with Crippen molar-refractivity contribution >= 4 is 22.9 Å². The van der Waals surface area contributed by atoms with Crippen LogP contribution in [0, 0.1) is 6.92 Å². The minimum Gasteiger partial charge on any atom is -0.145 e. The summed E-state index contributed by atoms with van der Waals surface area (Å²) in [4.78, 5) is 2.78. The Labute approximate surface area is 83.6 Å². The molecule has 12 heavy (non-hydrogen) atoms. The number of rotatable bonds is 3. The van der Waals surface area contributed by atoms with E-state index in [1.54, 1.807) is 0 Å². The van der Waals surface area contributed by atoms with Gasteiger partial charge in [0.05, 0.1) is 0 Å². The van der Waals surface area contributed by atoms with Gasteiger partial charge in [-0.15, -0.1) is 22.9 Å². The lowest BCUT2D eigenvalue weighted by molar-refractivity contribution is 0.685. The zero-order valence-electron chi connectivity index (χ0n) is 7.80. The molecule has 2 heteroatoms. The molecule has 2 unspecified atom stereocenters. The number of aryl methyl sites for hydroxylation is 1. The van der Waals surface area contributed by atoms with Crippen LogP contribution in [-0.4, -0.2) is 5.38 Å². The van der Waals surface area contributed by atoms with Gasteiger partial charge in [-0.3, -0.25) is 0 Å². The van der Waals surface area contributed by atoms with Gasteiger partial charge >= 0.3 is 0 Å². The highest BCUT2D eigenvalue weighted by Crippen LogP contribution is 2.30. The molecule has 2 atom stereocenters. The summed E-state index contributed by atoms with van der Waals surface area (Å²) in [6.45, 7) is 6.47. The van der Waals surface area contributed by atoms with Crippen LogP contribution in [0.25, 0.3) is 0 Å². The summed E-state index contributed by atoms with van der Waals surface area (Å²) < 4.78 is 0. The first-order valence-electron chi connectivity index (χ1n) is 4.35. The molecule has 0 saturated heterocycles. The van der Waals surface area contributed by atoms with Gasteiger partial charge in [0, 0.05) is 21.0 Å². The molecule has 0 aliphatic carbocycles. The minimum atomic E-state index is 0.281. The molecular formula is C10H15ClS. The van der Waals surface area contributed by atoms with E-state index >= 15 is 0 Å². The quantitative estimate of drug-likeness (QED) is 0.646. The zero-order chi connectivity index (χ0) is 9.14. The highest BCUT2D eigenvalue weighted by molar-refractivity contribution is 7.12. The summed E-state index contributed by atoms with van der Waals surface area (Å²) in [5.74, 6) is 0.496. The van der Waals surface area contributed by atoms with Gasteiger partial charge in [0.2, 0.25) is 0 Å². The van der Waals surface area contributed by atoms with Crippen molar-refractivity contribution in [2.45, 2.75) is 38.5 Å². The van der Waals surface area contributed by atoms with Crippen molar-refractivity contribution < 1.29 is 0 Å². The lowest BCUT2D eigenvalue weighted by Crippen LogP contribution is -2.06. The number of hydrogen-bond donors (Lipinski definition) is 0. The number of alkyl halides is 1. The number of halogens is 1. The van der Waals surface area contributed by atoms with Crippen molar-refractivity contribution in [2.75, 3.05) is 0 Å². The monoisotopic (exact) mass is 202 g/mol. The average molecular weight is 203 g/mol. The van der Waals surface area contributed by atoms with Crippen molar-refractivity contribution in [3.8, 4) is 0 Å². The highest BCUT2D eigenvalue weighted by Gasteiger charge is 2.15. The lowest BCUT2D eigenvalue weighted by Gasteiger charge is -2.13. The van der Waals surface area contributed by atoms with Gasteiger partial charge in [0.15, 0.2) is 0 Å². The third-order valence-electron chi connectivity index (χ3n) is 2.14. The van der Waals surface area contributed by atoms with Crippen LogP contribution in [0.3, 0.4) is 0 Å². The molecule has 0 amide bonds. The largest absolute Gasteiger partial charge is 0.145 e. The average Bonchev–Trinajstić information content (AvgIpc) is 2.49. The van der Waals surface area contributed by atoms with E-state index in [0.29, 0.717) is 5.92 Å². The molecule has 1 heterocycles. The van der Waals surface area contributed by atoms with E-state index in [1.807, 2.05) is 11.3 Å². The second-order valence-electron chi connectivity index (χ2n) is 3.16. The van der Waals surface area contributed by atoms with Gasteiger partial charge in [-0.25, -0.2) is 0 Å². The van der Waals surface area contributed by atoms with E-state index in [2.05, 4.69) is 32.9 Å². The predicted octanol–water partition coefficient (Wildman–Crippen LogP) is 4.18. The lowest BCUT2D eigenvalue weighted by atomic mass is 10.0. The second-order valence-corrected chi connectivity index (χ2v) is 5.04. The molecule has 0 N–H and O–H groups in total. The molecule has 1 aromatic heterocycles. The van der Waals surface area contributed by atoms with Crippen molar-refractivity contribution in [1.29, 1.82) is 0 Å². The van der Waals surface area contributed by atoms with Crippen molar-refractivity contribution in [2.24, 2.45) is 0 Å². The summed E-state index contributed by atoms with van der Waals surface area (Å²) in [6, 6.07) is 4.35. The van der Waals surface area contributed by atoms with Crippen LogP contribution < -0.4 is 0 Å². The maximum atomic E-state index is 6.17. The highest BCUT2D eigenvalue weighted by atomic mass is 35.5. The van der Waals surface area contributed by atoms with Gasteiger partial charge in [0.25, 0.3) is 0 Å². The second kappa shape index (κ2) is 4.29. The van der Waals surface area contributed by atoms with Crippen LogP contribution in [0.5, 0.6) is 0 Å². The van der Waals surface area contributed by atoms with Gasteiger partial charge in [-0.2, -0.15) is 0 Å². The summed E-state index contributed by atoms with van der Waals surface area (Å²) in [5, 5.41) is 0.281. The molecule has 0 aliphatic rings. The van der Waals surface area contributed by atoms with Crippen LogP contribution >= 0.6 is 22.9 Å². The van der Waals surface area contributed by atoms with Crippen LogP contribution in [0.4, 0.5) is 0 Å². The van der Waals surface area contributed by atoms with Crippen molar-refractivity contribution in [3.63, 3.8) is 0 Å². The standard InChI is InChI=1S/C10H15ClS/c1-4-9(11)8(3)10-6-5-7(2)12-10/h5-6,8-9H,4H2,1-3H3. The smallest absolute Gasteiger partial charge is 0.0407 e. The minimum absolute atomic E-state index is 0.281. The number of thiophene rings is 1. The molecule has 0 spiro atoms. The molecule has 0 saturated carbocycles. The van der Waals surface area contributed by atoms with Crippen LogP contribution in [0.15, 0.2) is 12.1 Å². The van der Waals surface area contributed by atoms with Gasteiger partial charge in [-0.1, -0.05) is 13.8 Å². The first kappa shape index (κ1) is 10.1. The van der Waals surface area contributed by atoms with E-state index in [4.69, 9.17) is 11.6 Å². The topological polar surface area (TPSA) is 0 Å². The Morgan fingerprint density at radius 3 is 2.58 bits per heavy atom. The Morgan fingerprint density at radius 1 is 1.50 bits per heavy atom. The van der Waals surface area contributed by atoms with Crippen LogP contribution in [0.2, 0.25) is 0 Å². The van der Waals surface area contributed by atoms with Crippen molar-refractivity contribution in [3.05, 3.63) is 21.9 Å². The van der Waals surface area contributed by atoms with Crippen LogP contribution in [-0.2, 0) is 0 Å². The van der Waals surface area contributed by atoms with Crippen molar-refractivity contribution in [1.82, 2.24) is 0 Å². The zero-order valence-corrected chi connectivity index (χ0v) is 9.38. The predicted molar refractivity (Wildman–Crippen MR) is 57.4 cm³/mol. The SMILES string of the molecule is CCC(Cl)C(C)c1ccc(C)s1. The fraction of sp³-hybridized carbons (Fsp3) is 0.600. The summed E-state index contributed by atoms with van der Waals surface area (Å²) in [6.07, 6.45) is 1.04. The molecule has 1 aromatic rings. The summed E-state index contributed by atoms with van der Waals surface area (Å²) in [7, 11) is 0. The maximum Gasteiger partial charge on any atom is 0.0407 e. The summed E-state index contributed by atoms with van der Waals surface area (Å²) >= 11 is 8.02. The Hall–Kier alpha value is -0.0100. The molecular weight excluding hydrogens is 188 g/mol. The normalized spacial score (nSPS) is 16.0. The molecule has 0 aliphatic heterocycles. The first-order chi connectivity index (χ1) is 5.65. The third-order valence-corrected chi connectivity index (χ3v) is 4.03. The number of hydrogen-bond acceptors (Lipinski definition) is 1. The van der Waals surface area contributed by atoms with Gasteiger partial charge in [-0.05, 0) is 25.5 Å². The maximum absolute atomic E-state index is 6.17. The Balaban J connectivity index is 2.70. The summed E-state index contributed by atoms with van der Waals surface area (Å²) in [5.41, 5.74) is 0. The fourth-order valence-corrected chi connectivity index (χ4v) is 2.43. The van der Waals surface area contributed by atoms with E-state index in [-0.39, 0.29) is 5.38 Å². The van der Waals surface area contributed by atoms with E-state index in [0.717, 1.165) is 6.42 Å². The molecule has 0 nitrogen and oxygen atoms in total. The van der Waals surface area contributed by atoms with E-state index < -0.39 is 0 Å². The van der Waals surface area contributed by atoms with E-state index in [1.165, 1.54) is 9.75 Å². The Morgan fingerprint density at radius 2 is 2.17 bits per heavy atom. The van der Waals surface area contributed by atoms with E-state index in [9.17, 15) is 0 Å². The van der Waals surface area contributed by atoms with Crippen LogP contribution in [0.1, 0.15) is 35.9 Å². The Bertz CT molecular complexity index is 242. The molecule has 1 rings (SSSR count).